The van der Waals surface area contributed by atoms with Crippen molar-refractivity contribution in [2.75, 3.05) is 32.7 Å². The molecule has 156 valence electrons. The van der Waals surface area contributed by atoms with Crippen LogP contribution in [0.4, 0.5) is 4.79 Å². The number of carbonyl (C=O) groups excluding carboxylic acids is 1. The molecule has 7 heteroatoms. The number of rotatable bonds is 6. The number of carbonyl (C=O) groups is 1. The third-order valence-electron chi connectivity index (χ3n) is 5.41. The van der Waals surface area contributed by atoms with Gasteiger partial charge in [-0.15, -0.1) is 0 Å². The number of hydrogen-bond acceptors (Lipinski definition) is 3. The van der Waals surface area contributed by atoms with Crippen LogP contribution in [0.5, 0.6) is 0 Å². The van der Waals surface area contributed by atoms with Gasteiger partial charge < -0.3 is 10.2 Å². The highest BCUT2D eigenvalue weighted by Gasteiger charge is 2.30. The molecule has 0 aromatic heterocycles. The minimum Gasteiger partial charge on any atom is -0.338 e. The second-order valence-corrected chi connectivity index (χ2v) is 9.47. The van der Waals surface area contributed by atoms with E-state index in [1.54, 1.807) is 29.2 Å². The molecule has 3 rings (SSSR count). The number of amides is 2. The number of benzene rings is 2. The lowest BCUT2D eigenvalue weighted by atomic mass is 9.98. The summed E-state index contributed by atoms with van der Waals surface area (Å²) < 4.78 is 27.0. The summed E-state index contributed by atoms with van der Waals surface area (Å²) in [6.07, 6.45) is 0.859. The predicted molar refractivity (Wildman–Crippen MR) is 114 cm³/mol. The molecular formula is C22H29N3O3S. The Morgan fingerprint density at radius 2 is 1.62 bits per heavy atom. The molecule has 1 unspecified atom stereocenters. The highest BCUT2D eigenvalue weighted by molar-refractivity contribution is 7.89. The van der Waals surface area contributed by atoms with Crippen LogP contribution in [0.15, 0.2) is 59.5 Å². The smallest absolute Gasteiger partial charge is 0.317 e. The summed E-state index contributed by atoms with van der Waals surface area (Å²) in [5.74, 6) is 0.369. The molecule has 29 heavy (non-hydrogen) atoms. The Bertz CT molecular complexity index is 906. The van der Waals surface area contributed by atoms with E-state index in [9.17, 15) is 13.2 Å². The maximum Gasteiger partial charge on any atom is 0.317 e. The molecule has 0 radical (unpaired) electrons. The molecule has 6 nitrogen and oxygen atoms in total. The minimum absolute atomic E-state index is 0.127. The van der Waals surface area contributed by atoms with Crippen LogP contribution in [-0.4, -0.2) is 56.4 Å². The fraction of sp³-hybridized carbons (Fsp3) is 0.409. The fourth-order valence-electron chi connectivity index (χ4n) is 3.45. The van der Waals surface area contributed by atoms with Crippen LogP contribution in [0.25, 0.3) is 0 Å². The van der Waals surface area contributed by atoms with E-state index in [1.807, 2.05) is 25.1 Å². The van der Waals surface area contributed by atoms with Crippen LogP contribution in [0.2, 0.25) is 0 Å². The van der Waals surface area contributed by atoms with Crippen molar-refractivity contribution in [2.24, 2.45) is 0 Å². The first-order valence-electron chi connectivity index (χ1n) is 10.0. The number of piperazine rings is 1. The molecular weight excluding hydrogens is 386 g/mol. The van der Waals surface area contributed by atoms with Crippen molar-refractivity contribution in [3.8, 4) is 0 Å². The lowest BCUT2D eigenvalue weighted by Crippen LogP contribution is -2.53. The molecule has 2 amide bonds. The van der Waals surface area contributed by atoms with Crippen LogP contribution in [0, 0.1) is 6.92 Å². The summed E-state index contributed by atoms with van der Waals surface area (Å²) in [5, 5.41) is 2.96. The SMILES string of the molecule is Cc1ccc(S(=O)(=O)N2CCN(C(=O)NCCC(C)c3ccccc3)CC2)cc1. The maximum atomic E-state index is 12.8. The van der Waals surface area contributed by atoms with Crippen LogP contribution in [-0.2, 0) is 10.0 Å². The van der Waals surface area contributed by atoms with Gasteiger partial charge in [0, 0.05) is 32.7 Å². The van der Waals surface area contributed by atoms with E-state index in [-0.39, 0.29) is 6.03 Å². The van der Waals surface area contributed by atoms with Gasteiger partial charge in [0.15, 0.2) is 0 Å². The first-order valence-corrected chi connectivity index (χ1v) is 11.5. The molecule has 1 saturated heterocycles. The molecule has 0 bridgehead atoms. The van der Waals surface area contributed by atoms with Gasteiger partial charge in [-0.05, 0) is 37.0 Å². The zero-order chi connectivity index (χ0) is 20.9. The van der Waals surface area contributed by atoms with Gasteiger partial charge in [0.25, 0.3) is 0 Å². The third kappa shape index (κ3) is 5.36. The first-order chi connectivity index (χ1) is 13.9. The summed E-state index contributed by atoms with van der Waals surface area (Å²) in [7, 11) is -3.51. The van der Waals surface area contributed by atoms with E-state index in [4.69, 9.17) is 0 Å². The molecule has 1 N–H and O–H groups in total. The Hall–Kier alpha value is -2.38. The Morgan fingerprint density at radius 3 is 2.24 bits per heavy atom. The van der Waals surface area contributed by atoms with Gasteiger partial charge in [-0.25, -0.2) is 13.2 Å². The van der Waals surface area contributed by atoms with E-state index < -0.39 is 10.0 Å². The summed E-state index contributed by atoms with van der Waals surface area (Å²) in [6, 6.07) is 17.0. The van der Waals surface area contributed by atoms with E-state index >= 15 is 0 Å². The number of nitrogens with zero attached hydrogens (tertiary/aromatic N) is 2. The number of nitrogens with one attached hydrogen (secondary N) is 1. The molecule has 1 aliphatic rings. The van der Waals surface area contributed by atoms with Crippen molar-refractivity contribution in [3.05, 3.63) is 65.7 Å². The predicted octanol–water partition coefficient (Wildman–Crippen LogP) is 3.20. The molecule has 1 heterocycles. The highest BCUT2D eigenvalue weighted by atomic mass is 32.2. The molecule has 1 fully saturated rings. The Balaban J connectivity index is 1.46. The zero-order valence-corrected chi connectivity index (χ0v) is 17.9. The third-order valence-corrected chi connectivity index (χ3v) is 7.32. The highest BCUT2D eigenvalue weighted by Crippen LogP contribution is 2.19. The number of sulfonamides is 1. The summed E-state index contributed by atoms with van der Waals surface area (Å²) in [5.41, 5.74) is 2.28. The van der Waals surface area contributed by atoms with E-state index in [0.29, 0.717) is 43.5 Å². The fourth-order valence-corrected chi connectivity index (χ4v) is 4.87. The molecule has 0 aliphatic carbocycles. The zero-order valence-electron chi connectivity index (χ0n) is 17.0. The maximum absolute atomic E-state index is 12.8. The number of hydrogen-bond donors (Lipinski definition) is 1. The standard InChI is InChI=1S/C22H29N3O3S/c1-18-8-10-21(11-9-18)29(27,28)25-16-14-24(15-17-25)22(26)23-13-12-19(2)20-6-4-3-5-7-20/h3-11,19H,12-17H2,1-2H3,(H,23,26). The summed E-state index contributed by atoms with van der Waals surface area (Å²) in [6.45, 7) is 6.08. The van der Waals surface area contributed by atoms with Crippen LogP contribution in [0.3, 0.4) is 0 Å². The molecule has 2 aromatic rings. The normalized spacial score (nSPS) is 16.4. The van der Waals surface area contributed by atoms with Crippen molar-refractivity contribution >= 4 is 16.1 Å². The number of urea groups is 1. The van der Waals surface area contributed by atoms with Gasteiger partial charge in [-0.1, -0.05) is 55.0 Å². The van der Waals surface area contributed by atoms with Crippen molar-refractivity contribution in [2.45, 2.75) is 31.1 Å². The number of aryl methyl sites for hydroxylation is 1. The van der Waals surface area contributed by atoms with Crippen LogP contribution < -0.4 is 5.32 Å². The molecule has 2 aromatic carbocycles. The van der Waals surface area contributed by atoms with Gasteiger partial charge >= 0.3 is 6.03 Å². The van der Waals surface area contributed by atoms with E-state index in [1.165, 1.54) is 9.87 Å². The van der Waals surface area contributed by atoms with Crippen molar-refractivity contribution in [3.63, 3.8) is 0 Å². The van der Waals surface area contributed by atoms with Gasteiger partial charge in [0.2, 0.25) is 10.0 Å². The topological polar surface area (TPSA) is 69.7 Å². The molecule has 1 atom stereocenters. The summed E-state index contributed by atoms with van der Waals surface area (Å²) in [4.78, 5) is 14.4. The Kier molecular flexibility index (Phi) is 6.92. The average molecular weight is 416 g/mol. The average Bonchev–Trinajstić information content (AvgIpc) is 2.74. The Morgan fingerprint density at radius 1 is 1.00 bits per heavy atom. The lowest BCUT2D eigenvalue weighted by molar-refractivity contribution is 0.172. The molecule has 0 spiro atoms. The van der Waals surface area contributed by atoms with Crippen molar-refractivity contribution < 1.29 is 13.2 Å². The van der Waals surface area contributed by atoms with Gasteiger partial charge in [0.05, 0.1) is 4.90 Å². The Labute approximate surface area is 173 Å². The largest absolute Gasteiger partial charge is 0.338 e. The lowest BCUT2D eigenvalue weighted by Gasteiger charge is -2.34. The molecule has 0 saturated carbocycles. The van der Waals surface area contributed by atoms with Crippen LogP contribution >= 0.6 is 0 Å². The van der Waals surface area contributed by atoms with Crippen molar-refractivity contribution in [1.82, 2.24) is 14.5 Å². The molecule has 1 aliphatic heterocycles. The van der Waals surface area contributed by atoms with E-state index in [0.717, 1.165) is 12.0 Å². The van der Waals surface area contributed by atoms with E-state index in [2.05, 4.69) is 24.4 Å². The first kappa shape index (κ1) is 21.3. The monoisotopic (exact) mass is 415 g/mol. The van der Waals surface area contributed by atoms with Crippen LogP contribution in [0.1, 0.15) is 30.4 Å². The van der Waals surface area contributed by atoms with Gasteiger partial charge in [-0.2, -0.15) is 4.31 Å². The van der Waals surface area contributed by atoms with Crippen molar-refractivity contribution in [1.29, 1.82) is 0 Å². The second-order valence-electron chi connectivity index (χ2n) is 7.54. The minimum atomic E-state index is -3.51. The quantitative estimate of drug-likeness (QED) is 0.788. The second kappa shape index (κ2) is 9.41. The van der Waals surface area contributed by atoms with Gasteiger partial charge in [-0.3, -0.25) is 0 Å². The van der Waals surface area contributed by atoms with Gasteiger partial charge in [0.1, 0.15) is 0 Å². The summed E-state index contributed by atoms with van der Waals surface area (Å²) >= 11 is 0.